The maximum absolute atomic E-state index is 15.4. The van der Waals surface area contributed by atoms with E-state index in [9.17, 15) is 9.59 Å². The first kappa shape index (κ1) is 24.2. The van der Waals surface area contributed by atoms with Gasteiger partial charge in [0.15, 0.2) is 0 Å². The average molecular weight is 511 g/mol. The van der Waals surface area contributed by atoms with E-state index in [1.165, 1.54) is 6.07 Å². The molecule has 0 saturated carbocycles. The highest BCUT2D eigenvalue weighted by Crippen LogP contribution is 2.52. The van der Waals surface area contributed by atoms with E-state index < -0.39 is 5.41 Å². The van der Waals surface area contributed by atoms with Gasteiger partial charge < -0.3 is 24.8 Å². The topological polar surface area (TPSA) is 93.8 Å². The van der Waals surface area contributed by atoms with Gasteiger partial charge in [-0.25, -0.2) is 4.39 Å². The van der Waals surface area contributed by atoms with E-state index >= 15 is 4.39 Å². The number of nitrogens with zero attached hydrogens (tertiary/aromatic N) is 4. The fraction of sp³-hybridized carbons (Fsp3) is 0.593. The number of benzene rings is 1. The number of carbonyl (C=O) groups excluding carboxylic acids is 1. The van der Waals surface area contributed by atoms with Crippen LogP contribution in [0.1, 0.15) is 43.2 Å². The minimum absolute atomic E-state index is 0.0920. The molecule has 2 aromatic rings. The molecule has 198 valence electrons. The van der Waals surface area contributed by atoms with Gasteiger partial charge in [0.2, 0.25) is 11.9 Å². The number of amides is 1. The van der Waals surface area contributed by atoms with Crippen molar-refractivity contribution in [1.29, 1.82) is 0 Å². The van der Waals surface area contributed by atoms with Crippen LogP contribution in [0.3, 0.4) is 0 Å². The van der Waals surface area contributed by atoms with Crippen LogP contribution in [0.25, 0.3) is 0 Å². The highest BCUT2D eigenvalue weighted by Gasteiger charge is 2.54. The zero-order valence-corrected chi connectivity index (χ0v) is 21.6. The Hall–Kier alpha value is -3.14. The number of aromatic nitrogens is 2. The van der Waals surface area contributed by atoms with Gasteiger partial charge >= 0.3 is 0 Å². The molecule has 1 spiro atoms. The fourth-order valence-corrected chi connectivity index (χ4v) is 6.57. The van der Waals surface area contributed by atoms with E-state index in [1.807, 2.05) is 16.8 Å². The normalized spacial score (nSPS) is 21.4. The van der Waals surface area contributed by atoms with Crippen LogP contribution in [0.15, 0.2) is 16.9 Å². The molecular formula is C27H35FN6O3. The number of aromatic amines is 1. The number of hydrogen-bond donors (Lipinski definition) is 2. The summed E-state index contributed by atoms with van der Waals surface area (Å²) >= 11 is 0. The molecule has 5 heterocycles. The molecule has 6 rings (SSSR count). The van der Waals surface area contributed by atoms with Crippen molar-refractivity contribution in [2.75, 3.05) is 68.1 Å². The van der Waals surface area contributed by atoms with E-state index in [0.29, 0.717) is 61.4 Å². The molecule has 0 radical (unpaired) electrons. The number of halogens is 1. The number of fused-ring (bicyclic) bond motifs is 3. The lowest BCUT2D eigenvalue weighted by atomic mass is 9.73. The first-order valence-corrected chi connectivity index (χ1v) is 13.4. The smallest absolute Gasteiger partial charge is 0.257 e. The standard InChI is InChI=1S/C27H35FN6O3/c1-32-13-3-4-18-23(32)30-26(31-24(18)35)34-14-9-27(10-15-34)21-19(28)5-6-20(22(21)33(2)25(27)36)37-16-17-7-11-29-12-8-17/h5-6,17,29H,3-4,7-16H2,1-2H3,(H,30,31,35). The molecule has 2 fully saturated rings. The monoisotopic (exact) mass is 510 g/mol. The second-order valence-electron chi connectivity index (χ2n) is 10.9. The summed E-state index contributed by atoms with van der Waals surface area (Å²) in [6.07, 6.45) is 4.64. The first-order chi connectivity index (χ1) is 17.9. The molecule has 9 nitrogen and oxygen atoms in total. The van der Waals surface area contributed by atoms with E-state index in [1.54, 1.807) is 18.0 Å². The maximum atomic E-state index is 15.4. The molecule has 0 bridgehead atoms. The maximum Gasteiger partial charge on any atom is 0.257 e. The average Bonchev–Trinajstić information content (AvgIpc) is 3.13. The predicted molar refractivity (Wildman–Crippen MR) is 140 cm³/mol. The largest absolute Gasteiger partial charge is 0.491 e. The minimum Gasteiger partial charge on any atom is -0.491 e. The third kappa shape index (κ3) is 3.96. The van der Waals surface area contributed by atoms with Crippen LogP contribution in [0, 0.1) is 11.7 Å². The molecule has 4 aliphatic heterocycles. The van der Waals surface area contributed by atoms with E-state index in [-0.39, 0.29) is 17.3 Å². The van der Waals surface area contributed by atoms with Gasteiger partial charge in [-0.05, 0) is 69.7 Å². The summed E-state index contributed by atoms with van der Waals surface area (Å²) in [4.78, 5) is 39.8. The second kappa shape index (κ2) is 9.31. The van der Waals surface area contributed by atoms with E-state index in [2.05, 4.69) is 10.3 Å². The molecule has 0 unspecified atom stereocenters. The number of piperidine rings is 2. The number of nitrogens with one attached hydrogen (secondary N) is 2. The summed E-state index contributed by atoms with van der Waals surface area (Å²) in [5, 5.41) is 3.36. The van der Waals surface area contributed by atoms with Crippen LogP contribution in [0.2, 0.25) is 0 Å². The van der Waals surface area contributed by atoms with Crippen molar-refractivity contribution in [3.8, 4) is 5.75 Å². The van der Waals surface area contributed by atoms with Gasteiger partial charge in [-0.2, -0.15) is 4.98 Å². The molecule has 0 atom stereocenters. The van der Waals surface area contributed by atoms with Crippen molar-refractivity contribution in [1.82, 2.24) is 15.3 Å². The zero-order chi connectivity index (χ0) is 25.7. The Morgan fingerprint density at radius 2 is 1.89 bits per heavy atom. The number of likely N-dealkylation sites (N-methyl/N-ethyl adjacent to an activating group) is 1. The van der Waals surface area contributed by atoms with Crippen molar-refractivity contribution in [3.63, 3.8) is 0 Å². The number of hydrogen-bond acceptors (Lipinski definition) is 7. The van der Waals surface area contributed by atoms with Crippen molar-refractivity contribution < 1.29 is 13.9 Å². The fourth-order valence-electron chi connectivity index (χ4n) is 6.57. The molecule has 1 aromatic heterocycles. The lowest BCUT2D eigenvalue weighted by Gasteiger charge is -2.39. The Labute approximate surface area is 216 Å². The number of anilines is 3. The lowest BCUT2D eigenvalue weighted by molar-refractivity contribution is -0.123. The molecule has 4 aliphatic rings. The highest BCUT2D eigenvalue weighted by molar-refractivity contribution is 6.09. The van der Waals surface area contributed by atoms with Gasteiger partial charge in [0.1, 0.15) is 17.4 Å². The molecule has 1 amide bonds. The Morgan fingerprint density at radius 1 is 1.14 bits per heavy atom. The lowest BCUT2D eigenvalue weighted by Crippen LogP contribution is -2.49. The quantitative estimate of drug-likeness (QED) is 0.651. The second-order valence-corrected chi connectivity index (χ2v) is 10.9. The number of carbonyl (C=O) groups is 1. The van der Waals surface area contributed by atoms with E-state index in [0.717, 1.165) is 56.7 Å². The van der Waals surface area contributed by atoms with Crippen LogP contribution < -0.4 is 30.3 Å². The van der Waals surface area contributed by atoms with E-state index in [4.69, 9.17) is 9.72 Å². The van der Waals surface area contributed by atoms with Gasteiger partial charge in [-0.15, -0.1) is 0 Å². The van der Waals surface area contributed by atoms with Crippen LogP contribution in [-0.2, 0) is 16.6 Å². The van der Waals surface area contributed by atoms with Crippen molar-refractivity contribution in [3.05, 3.63) is 39.4 Å². The van der Waals surface area contributed by atoms with Gasteiger partial charge in [0.05, 0.1) is 23.3 Å². The van der Waals surface area contributed by atoms with Gasteiger partial charge in [0.25, 0.3) is 5.56 Å². The molecule has 2 saturated heterocycles. The Bertz CT molecular complexity index is 1270. The Morgan fingerprint density at radius 3 is 2.65 bits per heavy atom. The number of rotatable bonds is 4. The highest BCUT2D eigenvalue weighted by atomic mass is 19.1. The van der Waals surface area contributed by atoms with Crippen LogP contribution >= 0.6 is 0 Å². The number of H-pyrrole nitrogens is 1. The summed E-state index contributed by atoms with van der Waals surface area (Å²) < 4.78 is 21.6. The zero-order valence-electron chi connectivity index (χ0n) is 21.6. The van der Waals surface area contributed by atoms with Crippen molar-refractivity contribution in [2.45, 2.75) is 43.9 Å². The summed E-state index contributed by atoms with van der Waals surface area (Å²) in [6.45, 7) is 4.37. The van der Waals surface area contributed by atoms with Gasteiger partial charge in [-0.1, -0.05) is 0 Å². The molecule has 37 heavy (non-hydrogen) atoms. The van der Waals surface area contributed by atoms with Crippen molar-refractivity contribution >= 4 is 23.4 Å². The third-order valence-corrected chi connectivity index (χ3v) is 8.73. The first-order valence-electron chi connectivity index (χ1n) is 13.4. The van der Waals surface area contributed by atoms with Gasteiger partial charge in [0, 0.05) is 39.3 Å². The minimum atomic E-state index is -0.940. The van der Waals surface area contributed by atoms with Gasteiger partial charge in [-0.3, -0.25) is 14.6 Å². The van der Waals surface area contributed by atoms with Crippen molar-refractivity contribution in [2.24, 2.45) is 5.92 Å². The Balaban J connectivity index is 1.26. The molecule has 10 heteroatoms. The molecular weight excluding hydrogens is 475 g/mol. The Kier molecular flexibility index (Phi) is 6.09. The van der Waals surface area contributed by atoms with Crippen LogP contribution in [0.4, 0.5) is 21.8 Å². The van der Waals surface area contributed by atoms with Crippen LogP contribution in [0.5, 0.6) is 5.75 Å². The summed E-state index contributed by atoms with van der Waals surface area (Å²) in [5.41, 5.74) is 0.704. The third-order valence-electron chi connectivity index (χ3n) is 8.73. The van der Waals surface area contributed by atoms with Crippen LogP contribution in [-0.4, -0.2) is 69.3 Å². The number of ether oxygens (including phenoxy) is 1. The molecule has 0 aliphatic carbocycles. The summed E-state index contributed by atoms with van der Waals surface area (Å²) in [5.74, 6) is 1.82. The summed E-state index contributed by atoms with van der Waals surface area (Å²) in [6, 6.07) is 3.10. The predicted octanol–water partition coefficient (Wildman–Crippen LogP) is 2.18. The SMILES string of the molecule is CN1CCCc2c1nc(N1CCC3(CC1)C(=O)N(C)c1c(OCC4CCNCC4)ccc(F)c13)[nH]c2=O. The molecule has 2 N–H and O–H groups in total. The summed E-state index contributed by atoms with van der Waals surface area (Å²) in [7, 11) is 3.68. The molecule has 1 aromatic carbocycles.